The minimum atomic E-state index is -0.0545. The Bertz CT molecular complexity index is 540. The third-order valence-electron chi connectivity index (χ3n) is 8.80. The minimum absolute atomic E-state index is 0.0341. The molecule has 126 valence electrons. The van der Waals surface area contributed by atoms with Gasteiger partial charge in [-0.1, -0.05) is 31.9 Å². The van der Waals surface area contributed by atoms with E-state index in [-0.39, 0.29) is 17.4 Å². The van der Waals surface area contributed by atoms with Crippen LogP contribution in [0.1, 0.15) is 71.6 Å². The fourth-order valence-corrected chi connectivity index (χ4v) is 7.74. The first-order chi connectivity index (χ1) is 11.0. The van der Waals surface area contributed by atoms with Crippen LogP contribution in [0.5, 0.6) is 0 Å². The summed E-state index contributed by atoms with van der Waals surface area (Å²) in [4.78, 5) is 11.8. The van der Waals surface area contributed by atoms with Crippen LogP contribution in [-0.2, 0) is 0 Å². The summed E-state index contributed by atoms with van der Waals surface area (Å²) in [5.41, 5.74) is 0.359. The van der Waals surface area contributed by atoms with Gasteiger partial charge in [0.15, 0.2) is 0 Å². The van der Waals surface area contributed by atoms with E-state index in [1.54, 1.807) is 0 Å². The predicted octanol–water partition coefficient (Wildman–Crippen LogP) is 5.30. The highest BCUT2D eigenvalue weighted by Gasteiger charge is 2.63. The lowest BCUT2D eigenvalue weighted by molar-refractivity contribution is -0.117. The third-order valence-corrected chi connectivity index (χ3v) is 8.80. The highest BCUT2D eigenvalue weighted by molar-refractivity contribution is 5.15. The molecule has 0 radical (unpaired) electrons. The second kappa shape index (κ2) is 5.30. The van der Waals surface area contributed by atoms with Crippen LogP contribution >= 0.6 is 0 Å². The highest BCUT2D eigenvalue weighted by atomic mass is 16.3. The lowest BCUT2D eigenvalue weighted by atomic mass is 9.43. The van der Waals surface area contributed by atoms with Crippen molar-refractivity contribution < 1.29 is 0 Å². The smallest absolute Gasteiger partial charge is 0.0961 e. The fourth-order valence-electron chi connectivity index (χ4n) is 7.74. The zero-order valence-corrected chi connectivity index (χ0v) is 14.6. The maximum absolute atomic E-state index is 11.8. The predicted molar refractivity (Wildman–Crippen MR) is 90.4 cm³/mol. The van der Waals surface area contributed by atoms with E-state index in [0.717, 1.165) is 18.8 Å². The average molecular weight is 314 g/mol. The molecule has 4 fully saturated rings. The van der Waals surface area contributed by atoms with E-state index in [0.29, 0.717) is 23.2 Å². The first-order valence-electron chi connectivity index (χ1n) is 9.76. The summed E-state index contributed by atoms with van der Waals surface area (Å²) in [6.07, 6.45) is 11.0. The molecule has 4 aliphatic carbocycles. The van der Waals surface area contributed by atoms with Gasteiger partial charge in [-0.3, -0.25) is 0 Å². The van der Waals surface area contributed by atoms with Crippen LogP contribution in [0, 0.1) is 56.7 Å². The summed E-state index contributed by atoms with van der Waals surface area (Å²) < 4.78 is 0. The molecule has 0 N–H and O–H groups in total. The maximum Gasteiger partial charge on any atom is 0.0961 e. The van der Waals surface area contributed by atoms with Crippen molar-refractivity contribution in [2.45, 2.75) is 77.7 Å². The highest BCUT2D eigenvalue weighted by Crippen LogP contribution is 2.67. The van der Waals surface area contributed by atoms with Crippen molar-refractivity contribution in [1.82, 2.24) is 0 Å². The molecular formula is C20H30N2O. The molecule has 3 heteroatoms. The molecule has 0 aromatic carbocycles. The van der Waals surface area contributed by atoms with E-state index in [9.17, 15) is 10.2 Å². The summed E-state index contributed by atoms with van der Waals surface area (Å²) >= 11 is 0. The van der Waals surface area contributed by atoms with Gasteiger partial charge in [-0.2, -0.15) is 10.2 Å². The number of nitriles is 1. The second-order valence-electron chi connectivity index (χ2n) is 9.46. The summed E-state index contributed by atoms with van der Waals surface area (Å²) in [5, 5.41) is 13.3. The first kappa shape index (κ1) is 15.6. The Morgan fingerprint density at radius 2 is 1.87 bits per heavy atom. The molecule has 3 nitrogen and oxygen atoms in total. The molecule has 0 heterocycles. The molecule has 0 bridgehead atoms. The third kappa shape index (κ3) is 1.99. The monoisotopic (exact) mass is 314 g/mol. The van der Waals surface area contributed by atoms with Crippen LogP contribution in [0.2, 0.25) is 0 Å². The van der Waals surface area contributed by atoms with Crippen LogP contribution < -0.4 is 0 Å². The summed E-state index contributed by atoms with van der Waals surface area (Å²) in [6.45, 7) is 4.77. The first-order valence-corrected chi connectivity index (χ1v) is 9.76. The van der Waals surface area contributed by atoms with Gasteiger partial charge in [-0.05, 0) is 79.4 Å². The zero-order chi connectivity index (χ0) is 16.2. The molecule has 23 heavy (non-hydrogen) atoms. The summed E-state index contributed by atoms with van der Waals surface area (Å²) in [5.74, 6) is 2.70. The number of nitrogens with zero attached hydrogens (tertiary/aromatic N) is 2. The van der Waals surface area contributed by atoms with E-state index in [1.165, 1.54) is 44.9 Å². The Labute approximate surface area is 140 Å². The van der Waals surface area contributed by atoms with Crippen LogP contribution in [0.25, 0.3) is 0 Å². The molecule has 4 saturated carbocycles. The molecule has 0 aromatic heterocycles. The molecule has 0 aromatic rings. The van der Waals surface area contributed by atoms with Crippen molar-refractivity contribution in [2.24, 2.45) is 45.6 Å². The number of hydrogen-bond donors (Lipinski definition) is 0. The molecule has 0 aliphatic heterocycles. The van der Waals surface area contributed by atoms with Crippen LogP contribution in [-0.4, -0.2) is 6.04 Å². The Kier molecular flexibility index (Phi) is 3.59. The lowest BCUT2D eigenvalue weighted by Gasteiger charge is -2.61. The van der Waals surface area contributed by atoms with Crippen LogP contribution in [0.4, 0.5) is 0 Å². The van der Waals surface area contributed by atoms with Crippen molar-refractivity contribution in [3.05, 3.63) is 4.91 Å². The molecule has 0 saturated heterocycles. The number of fused-ring (bicyclic) bond motifs is 5. The van der Waals surface area contributed by atoms with E-state index < -0.39 is 0 Å². The van der Waals surface area contributed by atoms with Crippen molar-refractivity contribution in [3.8, 4) is 6.07 Å². The van der Waals surface area contributed by atoms with Gasteiger partial charge < -0.3 is 0 Å². The van der Waals surface area contributed by atoms with Gasteiger partial charge in [0.2, 0.25) is 0 Å². The Hall–Kier alpha value is -0.910. The van der Waals surface area contributed by atoms with Gasteiger partial charge >= 0.3 is 0 Å². The van der Waals surface area contributed by atoms with E-state index in [2.05, 4.69) is 25.1 Å². The molecule has 0 amide bonds. The maximum atomic E-state index is 11.8. The SMILES string of the molecule is CC12CC(N=O)C3C(CCC4CCCCC43C)C1CCC2C#N. The quantitative estimate of drug-likeness (QED) is 0.616. The number of hydrogen-bond acceptors (Lipinski definition) is 3. The van der Waals surface area contributed by atoms with Gasteiger partial charge in [0.1, 0.15) is 0 Å². The van der Waals surface area contributed by atoms with Gasteiger partial charge in [0.05, 0.1) is 18.0 Å². The van der Waals surface area contributed by atoms with E-state index >= 15 is 0 Å². The van der Waals surface area contributed by atoms with Crippen molar-refractivity contribution >= 4 is 0 Å². The van der Waals surface area contributed by atoms with Crippen LogP contribution in [0.3, 0.4) is 0 Å². The largest absolute Gasteiger partial charge is 0.198 e. The van der Waals surface area contributed by atoms with Gasteiger partial charge in [-0.25, -0.2) is 0 Å². The fraction of sp³-hybridized carbons (Fsp3) is 0.950. The molecule has 8 atom stereocenters. The molecule has 4 rings (SSSR count). The van der Waals surface area contributed by atoms with Gasteiger partial charge in [-0.15, -0.1) is 0 Å². The second-order valence-corrected chi connectivity index (χ2v) is 9.46. The molecule has 4 aliphatic rings. The Morgan fingerprint density at radius 1 is 1.04 bits per heavy atom. The van der Waals surface area contributed by atoms with E-state index in [4.69, 9.17) is 0 Å². The van der Waals surface area contributed by atoms with Crippen molar-refractivity contribution in [3.63, 3.8) is 0 Å². The van der Waals surface area contributed by atoms with E-state index in [1.807, 2.05) is 0 Å². The summed E-state index contributed by atoms with van der Waals surface area (Å²) in [7, 11) is 0. The molecular weight excluding hydrogens is 284 g/mol. The zero-order valence-electron chi connectivity index (χ0n) is 14.6. The topological polar surface area (TPSA) is 53.2 Å². The minimum Gasteiger partial charge on any atom is -0.198 e. The molecule has 8 unspecified atom stereocenters. The number of rotatable bonds is 1. The van der Waals surface area contributed by atoms with Crippen molar-refractivity contribution in [2.75, 3.05) is 0 Å². The lowest BCUT2D eigenvalue weighted by Crippen LogP contribution is -2.57. The average Bonchev–Trinajstić information content (AvgIpc) is 2.89. The standard InChI is InChI=1S/C20H30N2O/c1-19-10-4-3-5-13(19)6-8-15-16-9-7-14(12-21)20(16,2)11-17(22-23)18(15)19/h13-18H,3-11H2,1-2H3. The number of nitroso groups, excluding NO2 is 1. The normalized spacial score (nSPS) is 55.2. The van der Waals surface area contributed by atoms with Gasteiger partial charge in [0.25, 0.3) is 0 Å². The molecule has 0 spiro atoms. The Morgan fingerprint density at radius 3 is 2.61 bits per heavy atom. The summed E-state index contributed by atoms with van der Waals surface area (Å²) in [6, 6.07) is 2.51. The Balaban J connectivity index is 1.73. The van der Waals surface area contributed by atoms with Crippen molar-refractivity contribution in [1.29, 1.82) is 5.26 Å². The van der Waals surface area contributed by atoms with Crippen LogP contribution in [0.15, 0.2) is 5.18 Å². The van der Waals surface area contributed by atoms with Gasteiger partial charge in [0, 0.05) is 0 Å².